The molecule has 0 saturated heterocycles. The number of aryl methyl sites for hydroxylation is 2. The monoisotopic (exact) mass is 325 g/mol. The van der Waals surface area contributed by atoms with Crippen LogP contribution >= 0.6 is 0 Å². The van der Waals surface area contributed by atoms with E-state index in [9.17, 15) is 14.7 Å². The first kappa shape index (κ1) is 17.4. The third kappa shape index (κ3) is 4.52. The summed E-state index contributed by atoms with van der Waals surface area (Å²) in [6.45, 7) is 1.56. The number of methoxy groups -OCH3 is 1. The van der Waals surface area contributed by atoms with Gasteiger partial charge in [0.2, 0.25) is 5.76 Å². The second-order valence-electron chi connectivity index (χ2n) is 5.33. The molecule has 0 radical (unpaired) electrons. The van der Waals surface area contributed by atoms with Crippen molar-refractivity contribution in [2.45, 2.75) is 19.8 Å². The number of hydrogen-bond acceptors (Lipinski definition) is 5. The van der Waals surface area contributed by atoms with Crippen molar-refractivity contribution in [3.8, 4) is 0 Å². The second kappa shape index (κ2) is 8.06. The predicted octanol–water partition coefficient (Wildman–Crippen LogP) is 3.14. The number of carbonyl (C=O) groups excluding carboxylic acids is 2. The number of aliphatic hydroxyl groups is 1. The Morgan fingerprint density at radius 1 is 1.17 bits per heavy atom. The van der Waals surface area contributed by atoms with Gasteiger partial charge in [-0.1, -0.05) is 30.3 Å². The Labute approximate surface area is 140 Å². The number of ether oxygens (including phenoxy) is 1. The minimum Gasteiger partial charge on any atom is -0.502 e. The van der Waals surface area contributed by atoms with Crippen molar-refractivity contribution in [2.24, 2.45) is 0 Å². The number of ketones is 1. The highest BCUT2D eigenvalue weighted by molar-refractivity contribution is 5.95. The average Bonchev–Trinajstić information content (AvgIpc) is 2.60. The molecule has 0 aliphatic rings. The molecule has 0 aliphatic carbocycles. The van der Waals surface area contributed by atoms with E-state index in [2.05, 4.69) is 9.72 Å². The van der Waals surface area contributed by atoms with Crippen LogP contribution in [0.4, 0.5) is 0 Å². The Balaban J connectivity index is 2.05. The van der Waals surface area contributed by atoms with E-state index in [1.807, 2.05) is 30.3 Å². The molecule has 5 heteroatoms. The number of rotatable bonds is 6. The number of aromatic nitrogens is 1. The van der Waals surface area contributed by atoms with Gasteiger partial charge in [0.05, 0.1) is 12.8 Å². The average molecular weight is 325 g/mol. The summed E-state index contributed by atoms with van der Waals surface area (Å²) >= 11 is 0. The van der Waals surface area contributed by atoms with Gasteiger partial charge in [0, 0.05) is 17.8 Å². The molecule has 0 spiro atoms. The first-order chi connectivity index (χ1) is 11.5. The molecule has 5 nitrogen and oxygen atoms in total. The van der Waals surface area contributed by atoms with Crippen LogP contribution in [0, 0.1) is 0 Å². The Morgan fingerprint density at radius 2 is 1.92 bits per heavy atom. The van der Waals surface area contributed by atoms with E-state index in [0.717, 1.165) is 29.5 Å². The van der Waals surface area contributed by atoms with Crippen molar-refractivity contribution in [3.63, 3.8) is 0 Å². The molecule has 2 aromatic rings. The van der Waals surface area contributed by atoms with Crippen LogP contribution in [0.3, 0.4) is 0 Å². The SMILES string of the molecule is COC(=O)/C(O)=C/c1ccc(CCc2ccccc2C(C)=O)cn1. The van der Waals surface area contributed by atoms with E-state index in [4.69, 9.17) is 0 Å². The second-order valence-corrected chi connectivity index (χ2v) is 5.33. The number of esters is 1. The minimum absolute atomic E-state index is 0.0579. The molecule has 0 atom stereocenters. The van der Waals surface area contributed by atoms with Gasteiger partial charge in [-0.15, -0.1) is 0 Å². The number of aliphatic hydroxyl groups excluding tert-OH is 1. The van der Waals surface area contributed by atoms with Crippen LogP contribution in [0.1, 0.15) is 34.1 Å². The van der Waals surface area contributed by atoms with Crippen LogP contribution in [0.2, 0.25) is 0 Å². The molecule has 1 aromatic heterocycles. The fraction of sp³-hybridized carbons (Fsp3) is 0.211. The number of hydrogen-bond donors (Lipinski definition) is 1. The van der Waals surface area contributed by atoms with Gasteiger partial charge < -0.3 is 9.84 Å². The highest BCUT2D eigenvalue weighted by Crippen LogP contribution is 2.14. The fourth-order valence-corrected chi connectivity index (χ4v) is 2.33. The molecular formula is C19H19NO4. The van der Waals surface area contributed by atoms with Crippen LogP contribution in [0.15, 0.2) is 48.4 Å². The molecule has 0 saturated carbocycles. The van der Waals surface area contributed by atoms with Crippen LogP contribution < -0.4 is 0 Å². The zero-order chi connectivity index (χ0) is 17.5. The van der Waals surface area contributed by atoms with E-state index >= 15 is 0 Å². The van der Waals surface area contributed by atoms with Crippen LogP contribution in [0.5, 0.6) is 0 Å². The van der Waals surface area contributed by atoms with Crippen molar-refractivity contribution in [2.75, 3.05) is 7.11 Å². The van der Waals surface area contributed by atoms with E-state index in [0.29, 0.717) is 5.69 Å². The summed E-state index contributed by atoms with van der Waals surface area (Å²) in [6, 6.07) is 11.2. The summed E-state index contributed by atoms with van der Waals surface area (Å²) in [5.41, 5.74) is 3.22. The largest absolute Gasteiger partial charge is 0.502 e. The van der Waals surface area contributed by atoms with Gasteiger partial charge in [-0.3, -0.25) is 9.78 Å². The van der Waals surface area contributed by atoms with Gasteiger partial charge in [0.25, 0.3) is 0 Å². The molecule has 0 amide bonds. The highest BCUT2D eigenvalue weighted by Gasteiger charge is 2.08. The summed E-state index contributed by atoms with van der Waals surface area (Å²) in [6.07, 6.45) is 4.41. The summed E-state index contributed by atoms with van der Waals surface area (Å²) in [5, 5.41) is 9.49. The number of benzene rings is 1. The van der Waals surface area contributed by atoms with E-state index in [1.165, 1.54) is 13.2 Å². The van der Waals surface area contributed by atoms with E-state index in [1.54, 1.807) is 19.2 Å². The standard InChI is InChI=1S/C19H19NO4/c1-13(21)17-6-4-3-5-15(17)9-7-14-8-10-16(20-12-14)11-18(22)19(23)24-2/h3-6,8,10-12,22H,7,9H2,1-2H3/b18-11-. The summed E-state index contributed by atoms with van der Waals surface area (Å²) in [4.78, 5) is 27.0. The summed E-state index contributed by atoms with van der Waals surface area (Å²) in [7, 11) is 1.20. The zero-order valence-electron chi connectivity index (χ0n) is 13.7. The molecule has 1 N–H and O–H groups in total. The summed E-state index contributed by atoms with van der Waals surface area (Å²) in [5.74, 6) is -1.24. The number of carbonyl (C=O) groups is 2. The van der Waals surface area contributed by atoms with Crippen LogP contribution in [0.25, 0.3) is 6.08 Å². The number of Topliss-reactive ketones (excluding diaryl/α,β-unsaturated/α-hetero) is 1. The maximum absolute atomic E-state index is 11.6. The van der Waals surface area contributed by atoms with Crippen LogP contribution in [-0.4, -0.2) is 29.0 Å². The normalized spacial score (nSPS) is 11.2. The first-order valence-corrected chi connectivity index (χ1v) is 7.54. The maximum Gasteiger partial charge on any atom is 0.373 e. The number of nitrogens with zero attached hydrogens (tertiary/aromatic N) is 1. The molecule has 124 valence electrons. The van der Waals surface area contributed by atoms with Gasteiger partial charge >= 0.3 is 5.97 Å². The lowest BCUT2D eigenvalue weighted by Crippen LogP contribution is -2.04. The van der Waals surface area contributed by atoms with Gasteiger partial charge in [0.15, 0.2) is 5.78 Å². The predicted molar refractivity (Wildman–Crippen MR) is 90.7 cm³/mol. The zero-order valence-corrected chi connectivity index (χ0v) is 13.7. The van der Waals surface area contributed by atoms with Crippen molar-refractivity contribution in [1.82, 2.24) is 4.98 Å². The smallest absolute Gasteiger partial charge is 0.373 e. The van der Waals surface area contributed by atoms with E-state index < -0.39 is 11.7 Å². The molecule has 0 bridgehead atoms. The molecule has 1 aromatic carbocycles. The molecular weight excluding hydrogens is 306 g/mol. The van der Waals surface area contributed by atoms with Gasteiger partial charge in [-0.25, -0.2) is 4.79 Å². The van der Waals surface area contributed by atoms with E-state index in [-0.39, 0.29) is 5.78 Å². The molecule has 24 heavy (non-hydrogen) atoms. The van der Waals surface area contributed by atoms with Gasteiger partial charge in [0.1, 0.15) is 0 Å². The molecule has 1 heterocycles. The quantitative estimate of drug-likeness (QED) is 0.382. The first-order valence-electron chi connectivity index (χ1n) is 7.54. The van der Waals surface area contributed by atoms with Gasteiger partial charge in [-0.2, -0.15) is 0 Å². The molecule has 0 fully saturated rings. The number of pyridine rings is 1. The minimum atomic E-state index is -0.804. The Morgan fingerprint density at radius 3 is 2.54 bits per heavy atom. The molecule has 0 aliphatic heterocycles. The third-order valence-electron chi connectivity index (χ3n) is 3.61. The topological polar surface area (TPSA) is 76.5 Å². The summed E-state index contributed by atoms with van der Waals surface area (Å²) < 4.78 is 4.41. The van der Waals surface area contributed by atoms with Crippen molar-refractivity contribution >= 4 is 17.8 Å². The lowest BCUT2D eigenvalue weighted by atomic mass is 9.98. The Hall–Kier alpha value is -2.95. The lowest BCUT2D eigenvalue weighted by Gasteiger charge is -2.07. The van der Waals surface area contributed by atoms with Crippen molar-refractivity contribution in [1.29, 1.82) is 0 Å². The molecule has 2 rings (SSSR count). The molecule has 0 unspecified atom stereocenters. The van der Waals surface area contributed by atoms with Crippen LogP contribution in [-0.2, 0) is 22.4 Å². The Bertz CT molecular complexity index is 763. The third-order valence-corrected chi connectivity index (χ3v) is 3.61. The lowest BCUT2D eigenvalue weighted by molar-refractivity contribution is -0.138. The Kier molecular flexibility index (Phi) is 5.84. The van der Waals surface area contributed by atoms with Gasteiger partial charge in [-0.05, 0) is 37.0 Å². The highest BCUT2D eigenvalue weighted by atomic mass is 16.5. The van der Waals surface area contributed by atoms with Crippen molar-refractivity contribution < 1.29 is 19.4 Å². The van der Waals surface area contributed by atoms with Crippen molar-refractivity contribution in [3.05, 3.63) is 70.7 Å². The maximum atomic E-state index is 11.6. The fourth-order valence-electron chi connectivity index (χ4n) is 2.33.